The highest BCUT2D eigenvalue weighted by Crippen LogP contribution is 2.13. The van der Waals surface area contributed by atoms with Gasteiger partial charge in [-0.25, -0.2) is 4.79 Å². The Morgan fingerprint density at radius 2 is 2.12 bits per heavy atom. The van der Waals surface area contributed by atoms with Crippen molar-refractivity contribution in [2.45, 2.75) is 31.9 Å². The van der Waals surface area contributed by atoms with Crippen molar-refractivity contribution < 1.29 is 15.0 Å². The zero-order valence-electron chi connectivity index (χ0n) is 10.3. The summed E-state index contributed by atoms with van der Waals surface area (Å²) in [4.78, 5) is 15.2. The van der Waals surface area contributed by atoms with Gasteiger partial charge in [-0.3, -0.25) is 4.90 Å². The zero-order valence-corrected chi connectivity index (χ0v) is 10.3. The summed E-state index contributed by atoms with van der Waals surface area (Å²) in [6.07, 6.45) is 1.01. The maximum Gasteiger partial charge on any atom is 0.336 e. The van der Waals surface area contributed by atoms with E-state index in [9.17, 15) is 9.90 Å². The molecule has 1 fully saturated rings. The third kappa shape index (κ3) is 3.43. The van der Waals surface area contributed by atoms with Gasteiger partial charge < -0.3 is 15.1 Å². The zero-order chi connectivity index (χ0) is 12.3. The number of carboxylic acid groups (broad SMARTS) is 1. The van der Waals surface area contributed by atoms with Crippen LogP contribution in [0.4, 0.5) is 0 Å². The van der Waals surface area contributed by atoms with Gasteiger partial charge in [0, 0.05) is 19.1 Å². The van der Waals surface area contributed by atoms with Crippen molar-refractivity contribution in [3.63, 3.8) is 0 Å². The Balaban J connectivity index is 2.62. The number of nitrogens with zero attached hydrogens (tertiary/aromatic N) is 2. The molecule has 1 heterocycles. The van der Waals surface area contributed by atoms with E-state index in [1.165, 1.54) is 6.92 Å². The number of aliphatic hydroxyl groups is 1. The van der Waals surface area contributed by atoms with Crippen molar-refractivity contribution in [1.82, 2.24) is 9.80 Å². The lowest BCUT2D eigenvalue weighted by Crippen LogP contribution is -2.50. The molecule has 0 aromatic rings. The summed E-state index contributed by atoms with van der Waals surface area (Å²) in [5.74, 6) is -1.16. The van der Waals surface area contributed by atoms with Crippen LogP contribution in [0.25, 0.3) is 0 Å². The van der Waals surface area contributed by atoms with Crippen LogP contribution in [-0.4, -0.2) is 70.9 Å². The number of likely N-dealkylation sites (N-methyl/N-ethyl adjacent to an activating group) is 1. The number of hydrogen-bond donors (Lipinski definition) is 2. The minimum Gasteiger partial charge on any atom is -0.479 e. The number of carboxylic acids is 1. The SMILES string of the molecule is CC1CN(C)CCCN1CC(C)(O)C(=O)O. The lowest BCUT2D eigenvalue weighted by molar-refractivity contribution is -0.158. The molecule has 1 aliphatic rings. The summed E-state index contributed by atoms with van der Waals surface area (Å²) < 4.78 is 0. The van der Waals surface area contributed by atoms with E-state index < -0.39 is 11.6 Å². The van der Waals surface area contributed by atoms with E-state index in [1.807, 2.05) is 0 Å². The van der Waals surface area contributed by atoms with Crippen LogP contribution in [-0.2, 0) is 4.79 Å². The highest BCUT2D eigenvalue weighted by molar-refractivity contribution is 5.76. The highest BCUT2D eigenvalue weighted by Gasteiger charge is 2.34. The second-order valence-electron chi connectivity index (χ2n) is 5.01. The van der Waals surface area contributed by atoms with Crippen molar-refractivity contribution >= 4 is 5.97 Å². The van der Waals surface area contributed by atoms with Crippen LogP contribution in [0.2, 0.25) is 0 Å². The van der Waals surface area contributed by atoms with E-state index in [0.29, 0.717) is 0 Å². The van der Waals surface area contributed by atoms with Gasteiger partial charge >= 0.3 is 5.97 Å². The van der Waals surface area contributed by atoms with E-state index in [1.54, 1.807) is 0 Å². The first-order valence-corrected chi connectivity index (χ1v) is 5.71. The van der Waals surface area contributed by atoms with Gasteiger partial charge in [-0.05, 0) is 40.4 Å². The van der Waals surface area contributed by atoms with E-state index in [-0.39, 0.29) is 12.6 Å². The van der Waals surface area contributed by atoms with Crippen LogP contribution in [0, 0.1) is 0 Å². The van der Waals surface area contributed by atoms with E-state index in [2.05, 4.69) is 23.8 Å². The van der Waals surface area contributed by atoms with Crippen LogP contribution >= 0.6 is 0 Å². The molecular formula is C11H22N2O3. The van der Waals surface area contributed by atoms with E-state index >= 15 is 0 Å². The topological polar surface area (TPSA) is 64.0 Å². The van der Waals surface area contributed by atoms with Crippen molar-refractivity contribution in [1.29, 1.82) is 0 Å². The first-order chi connectivity index (χ1) is 7.33. The summed E-state index contributed by atoms with van der Waals surface area (Å²) in [7, 11) is 2.06. The average Bonchev–Trinajstić information content (AvgIpc) is 2.28. The smallest absolute Gasteiger partial charge is 0.336 e. The predicted octanol–water partition coefficient (Wildman–Crippen LogP) is -0.152. The van der Waals surface area contributed by atoms with Crippen molar-refractivity contribution in [3.8, 4) is 0 Å². The molecule has 5 nitrogen and oxygen atoms in total. The molecule has 0 saturated carbocycles. The number of hydrogen-bond acceptors (Lipinski definition) is 4. The second-order valence-corrected chi connectivity index (χ2v) is 5.01. The first kappa shape index (κ1) is 13.4. The molecule has 0 aliphatic carbocycles. The Morgan fingerprint density at radius 3 is 2.69 bits per heavy atom. The Bertz CT molecular complexity index is 256. The standard InChI is InChI=1S/C11H22N2O3/c1-9-7-12(3)5-4-6-13(9)8-11(2,16)10(14)15/h9,16H,4-8H2,1-3H3,(H,14,15). The molecule has 0 radical (unpaired) electrons. The van der Waals surface area contributed by atoms with Crippen LogP contribution in [0.1, 0.15) is 20.3 Å². The van der Waals surface area contributed by atoms with Gasteiger partial charge in [-0.1, -0.05) is 0 Å². The Morgan fingerprint density at radius 1 is 1.50 bits per heavy atom. The molecule has 1 rings (SSSR count). The van der Waals surface area contributed by atoms with Gasteiger partial charge in [-0.15, -0.1) is 0 Å². The second kappa shape index (κ2) is 5.12. The van der Waals surface area contributed by atoms with E-state index in [4.69, 9.17) is 5.11 Å². The monoisotopic (exact) mass is 230 g/mol. The number of aliphatic carboxylic acids is 1. The fourth-order valence-corrected chi connectivity index (χ4v) is 2.12. The Kier molecular flexibility index (Phi) is 4.29. The predicted molar refractivity (Wildman–Crippen MR) is 61.4 cm³/mol. The summed E-state index contributed by atoms with van der Waals surface area (Å²) in [6.45, 7) is 6.40. The molecule has 94 valence electrons. The summed E-state index contributed by atoms with van der Waals surface area (Å²) in [5.41, 5.74) is -1.66. The molecule has 16 heavy (non-hydrogen) atoms. The Labute approximate surface area is 96.7 Å². The minimum absolute atomic E-state index is 0.192. The maximum absolute atomic E-state index is 10.9. The average molecular weight is 230 g/mol. The van der Waals surface area contributed by atoms with Gasteiger partial charge in [0.2, 0.25) is 0 Å². The minimum atomic E-state index is -1.66. The maximum atomic E-state index is 10.9. The summed E-state index contributed by atoms with van der Waals surface area (Å²) >= 11 is 0. The van der Waals surface area contributed by atoms with Crippen molar-refractivity contribution in [2.75, 3.05) is 33.2 Å². The molecule has 2 atom stereocenters. The van der Waals surface area contributed by atoms with Crippen LogP contribution < -0.4 is 0 Å². The number of β-amino-alcohol motifs (C(OH)–C–C–N with tert-alkyl or cyclic N) is 1. The lowest BCUT2D eigenvalue weighted by Gasteiger charge is -2.32. The lowest BCUT2D eigenvalue weighted by atomic mass is 10.1. The molecule has 0 aromatic heterocycles. The quantitative estimate of drug-likeness (QED) is 0.706. The fourth-order valence-electron chi connectivity index (χ4n) is 2.12. The molecule has 1 saturated heterocycles. The third-order valence-corrected chi connectivity index (χ3v) is 3.16. The highest BCUT2D eigenvalue weighted by atomic mass is 16.4. The molecule has 5 heteroatoms. The van der Waals surface area contributed by atoms with Crippen molar-refractivity contribution in [2.24, 2.45) is 0 Å². The number of carbonyl (C=O) groups is 1. The largest absolute Gasteiger partial charge is 0.479 e. The molecule has 0 amide bonds. The molecular weight excluding hydrogens is 208 g/mol. The van der Waals surface area contributed by atoms with Crippen LogP contribution in [0.5, 0.6) is 0 Å². The summed E-state index contributed by atoms with van der Waals surface area (Å²) in [5, 5.41) is 18.7. The van der Waals surface area contributed by atoms with Crippen LogP contribution in [0.15, 0.2) is 0 Å². The van der Waals surface area contributed by atoms with E-state index in [0.717, 1.165) is 26.1 Å². The molecule has 2 N–H and O–H groups in total. The van der Waals surface area contributed by atoms with Gasteiger partial charge in [-0.2, -0.15) is 0 Å². The number of rotatable bonds is 3. The fraction of sp³-hybridized carbons (Fsp3) is 0.909. The van der Waals surface area contributed by atoms with Crippen molar-refractivity contribution in [3.05, 3.63) is 0 Å². The molecule has 0 aromatic carbocycles. The summed E-state index contributed by atoms with van der Waals surface area (Å²) in [6, 6.07) is 0.276. The molecule has 2 unspecified atom stereocenters. The molecule has 1 aliphatic heterocycles. The van der Waals surface area contributed by atoms with Gasteiger partial charge in [0.1, 0.15) is 0 Å². The van der Waals surface area contributed by atoms with Gasteiger partial charge in [0.25, 0.3) is 0 Å². The third-order valence-electron chi connectivity index (χ3n) is 3.16. The Hall–Kier alpha value is -0.650. The normalized spacial score (nSPS) is 28.4. The van der Waals surface area contributed by atoms with Gasteiger partial charge in [0.05, 0.1) is 0 Å². The molecule has 0 spiro atoms. The molecule has 0 bridgehead atoms. The van der Waals surface area contributed by atoms with Crippen LogP contribution in [0.3, 0.4) is 0 Å². The first-order valence-electron chi connectivity index (χ1n) is 5.71. The van der Waals surface area contributed by atoms with Gasteiger partial charge in [0.15, 0.2) is 5.60 Å².